The second-order valence-electron chi connectivity index (χ2n) is 7.48. The highest BCUT2D eigenvalue weighted by atomic mass is 16.5. The van der Waals surface area contributed by atoms with E-state index >= 15 is 0 Å². The monoisotopic (exact) mass is 359 g/mol. The Morgan fingerprint density at radius 1 is 1.15 bits per heavy atom. The van der Waals surface area contributed by atoms with Gasteiger partial charge in [-0.3, -0.25) is 4.79 Å². The predicted octanol–water partition coefficient (Wildman–Crippen LogP) is 2.43. The highest BCUT2D eigenvalue weighted by Gasteiger charge is 2.36. The standard InChI is InChI=1S/C19H25N3O4/c23-12-13-1-3-15(4-2-13)22-11-14-9-17(20-25)18(10-16(14)19(22)24)21-5-7-26-8-6-21/h9-10,13,15,23H,1-8,11-12H2. The van der Waals surface area contributed by atoms with Gasteiger partial charge in [-0.25, -0.2) is 0 Å². The summed E-state index contributed by atoms with van der Waals surface area (Å²) in [5.74, 6) is 0.421. The van der Waals surface area contributed by atoms with E-state index in [0.717, 1.165) is 36.9 Å². The van der Waals surface area contributed by atoms with Crippen molar-refractivity contribution in [2.45, 2.75) is 38.3 Å². The fourth-order valence-electron chi connectivity index (χ4n) is 4.42. The topological polar surface area (TPSA) is 82.4 Å². The number of nitrogens with zero attached hydrogens (tertiary/aromatic N) is 3. The van der Waals surface area contributed by atoms with E-state index in [-0.39, 0.29) is 18.6 Å². The summed E-state index contributed by atoms with van der Waals surface area (Å²) in [6, 6.07) is 3.85. The number of hydrogen-bond acceptors (Lipinski definition) is 6. The van der Waals surface area contributed by atoms with Crippen LogP contribution in [0.4, 0.5) is 11.4 Å². The first-order valence-electron chi connectivity index (χ1n) is 9.46. The van der Waals surface area contributed by atoms with Gasteiger partial charge in [0, 0.05) is 37.8 Å². The number of carbonyl (C=O) groups is 1. The van der Waals surface area contributed by atoms with E-state index in [9.17, 15) is 14.8 Å². The lowest BCUT2D eigenvalue weighted by atomic mass is 9.86. The van der Waals surface area contributed by atoms with Gasteiger partial charge in [0.25, 0.3) is 5.91 Å². The van der Waals surface area contributed by atoms with Crippen LogP contribution in [0.5, 0.6) is 0 Å². The van der Waals surface area contributed by atoms with Gasteiger partial charge in [0.15, 0.2) is 0 Å². The maximum Gasteiger partial charge on any atom is 0.254 e. The fourth-order valence-corrected chi connectivity index (χ4v) is 4.42. The minimum atomic E-state index is 0.0550. The molecular formula is C19H25N3O4. The van der Waals surface area contributed by atoms with Crippen molar-refractivity contribution in [1.82, 2.24) is 4.90 Å². The SMILES string of the molecule is O=Nc1cc2c(cc1N1CCOCC1)C(=O)N(C1CCC(CO)CC1)C2. The fraction of sp³-hybridized carbons (Fsp3) is 0.632. The number of ether oxygens (including phenoxy) is 1. The molecule has 26 heavy (non-hydrogen) atoms. The highest BCUT2D eigenvalue weighted by molar-refractivity contribution is 6.00. The first-order valence-corrected chi connectivity index (χ1v) is 9.46. The van der Waals surface area contributed by atoms with Gasteiger partial charge in [0.05, 0.1) is 18.9 Å². The highest BCUT2D eigenvalue weighted by Crippen LogP contribution is 2.39. The summed E-state index contributed by atoms with van der Waals surface area (Å²) in [7, 11) is 0. The Hall–Kier alpha value is -1.99. The third kappa shape index (κ3) is 3.10. The number of morpholine rings is 1. The van der Waals surface area contributed by atoms with Gasteiger partial charge in [-0.1, -0.05) is 0 Å². The Kier molecular flexibility index (Phi) is 4.91. The molecule has 1 saturated heterocycles. The van der Waals surface area contributed by atoms with Crippen LogP contribution in [-0.4, -0.2) is 54.9 Å². The number of aliphatic hydroxyl groups is 1. The number of amides is 1. The predicted molar refractivity (Wildman–Crippen MR) is 97.6 cm³/mol. The molecule has 0 unspecified atom stereocenters. The Morgan fingerprint density at radius 2 is 1.88 bits per heavy atom. The van der Waals surface area contributed by atoms with Crippen LogP contribution in [0.15, 0.2) is 17.3 Å². The number of fused-ring (bicyclic) bond motifs is 1. The van der Waals surface area contributed by atoms with Gasteiger partial charge in [-0.2, -0.15) is 0 Å². The first-order chi connectivity index (χ1) is 12.7. The third-order valence-corrected chi connectivity index (χ3v) is 6.00. The molecule has 1 amide bonds. The summed E-state index contributed by atoms with van der Waals surface area (Å²) >= 11 is 0. The molecule has 1 aromatic rings. The quantitative estimate of drug-likeness (QED) is 0.835. The molecule has 1 aliphatic carbocycles. The molecule has 140 valence electrons. The van der Waals surface area contributed by atoms with E-state index in [0.29, 0.717) is 50.0 Å². The second-order valence-corrected chi connectivity index (χ2v) is 7.48. The molecule has 7 heteroatoms. The normalized spacial score (nSPS) is 26.1. The van der Waals surface area contributed by atoms with E-state index in [1.807, 2.05) is 11.0 Å². The van der Waals surface area contributed by atoms with E-state index in [1.54, 1.807) is 6.07 Å². The number of aliphatic hydroxyl groups excluding tert-OH is 1. The number of rotatable bonds is 4. The first kappa shape index (κ1) is 17.4. The average molecular weight is 359 g/mol. The lowest BCUT2D eigenvalue weighted by Crippen LogP contribution is -2.38. The smallest absolute Gasteiger partial charge is 0.254 e. The molecule has 7 nitrogen and oxygen atoms in total. The summed E-state index contributed by atoms with van der Waals surface area (Å²) in [6.07, 6.45) is 3.78. The lowest BCUT2D eigenvalue weighted by molar-refractivity contribution is 0.0609. The maximum absolute atomic E-state index is 13.0. The molecule has 2 aliphatic heterocycles. The van der Waals surface area contributed by atoms with Crippen molar-refractivity contribution < 1.29 is 14.6 Å². The zero-order valence-corrected chi connectivity index (χ0v) is 14.9. The van der Waals surface area contributed by atoms with Gasteiger partial charge in [-0.15, -0.1) is 4.91 Å². The van der Waals surface area contributed by atoms with E-state index in [2.05, 4.69) is 10.1 Å². The second kappa shape index (κ2) is 7.32. The summed E-state index contributed by atoms with van der Waals surface area (Å²) in [5.41, 5.74) is 2.74. The lowest BCUT2D eigenvalue weighted by Gasteiger charge is -2.34. The molecule has 1 N–H and O–H groups in total. The number of nitroso groups, excluding NO2 is 1. The van der Waals surface area contributed by atoms with Crippen molar-refractivity contribution in [3.63, 3.8) is 0 Å². The zero-order chi connectivity index (χ0) is 18.1. The Labute approximate surface area is 152 Å². The Balaban J connectivity index is 1.57. The van der Waals surface area contributed by atoms with Crippen molar-refractivity contribution in [2.24, 2.45) is 11.1 Å². The number of benzene rings is 1. The molecule has 1 aromatic carbocycles. The average Bonchev–Trinajstić information content (AvgIpc) is 3.03. The molecule has 0 radical (unpaired) electrons. The van der Waals surface area contributed by atoms with Crippen LogP contribution in [0.3, 0.4) is 0 Å². The van der Waals surface area contributed by atoms with Gasteiger partial charge >= 0.3 is 0 Å². The van der Waals surface area contributed by atoms with Crippen molar-refractivity contribution >= 4 is 17.3 Å². The van der Waals surface area contributed by atoms with Crippen LogP contribution in [0.1, 0.15) is 41.6 Å². The summed E-state index contributed by atoms with van der Waals surface area (Å²) < 4.78 is 5.38. The van der Waals surface area contributed by atoms with Gasteiger partial charge in [0.2, 0.25) is 0 Å². The van der Waals surface area contributed by atoms with Crippen LogP contribution >= 0.6 is 0 Å². The maximum atomic E-state index is 13.0. The summed E-state index contributed by atoms with van der Waals surface area (Å²) in [4.78, 5) is 28.4. The Morgan fingerprint density at radius 3 is 2.54 bits per heavy atom. The van der Waals surface area contributed by atoms with Gasteiger partial charge in [-0.05, 0) is 54.5 Å². The zero-order valence-electron chi connectivity index (χ0n) is 14.9. The van der Waals surface area contributed by atoms with Gasteiger partial charge in [0.1, 0.15) is 5.69 Å². The van der Waals surface area contributed by atoms with Crippen molar-refractivity contribution in [2.75, 3.05) is 37.8 Å². The third-order valence-electron chi connectivity index (χ3n) is 6.00. The Bertz CT molecular complexity index is 694. The van der Waals surface area contributed by atoms with E-state index < -0.39 is 0 Å². The molecule has 2 fully saturated rings. The molecule has 3 aliphatic rings. The number of carbonyl (C=O) groups excluding carboxylic acids is 1. The number of anilines is 1. The van der Waals surface area contributed by atoms with Crippen LogP contribution in [0.25, 0.3) is 0 Å². The molecule has 1 saturated carbocycles. The summed E-state index contributed by atoms with van der Waals surface area (Å²) in [5, 5.41) is 12.5. The minimum absolute atomic E-state index is 0.0550. The van der Waals surface area contributed by atoms with Crippen molar-refractivity contribution in [3.05, 3.63) is 28.2 Å². The van der Waals surface area contributed by atoms with Crippen LogP contribution in [0, 0.1) is 10.8 Å². The minimum Gasteiger partial charge on any atom is -0.396 e. The van der Waals surface area contributed by atoms with Gasteiger partial charge < -0.3 is 19.6 Å². The molecule has 4 rings (SSSR count). The molecule has 2 heterocycles. The van der Waals surface area contributed by atoms with E-state index in [4.69, 9.17) is 4.74 Å². The molecular weight excluding hydrogens is 334 g/mol. The van der Waals surface area contributed by atoms with Crippen molar-refractivity contribution in [3.8, 4) is 0 Å². The summed E-state index contributed by atoms with van der Waals surface area (Å²) in [6.45, 7) is 3.41. The largest absolute Gasteiger partial charge is 0.396 e. The van der Waals surface area contributed by atoms with Crippen molar-refractivity contribution in [1.29, 1.82) is 0 Å². The van der Waals surface area contributed by atoms with Crippen LogP contribution in [0.2, 0.25) is 0 Å². The van der Waals surface area contributed by atoms with E-state index in [1.165, 1.54) is 0 Å². The molecule has 0 bridgehead atoms. The molecule has 0 atom stereocenters. The molecule has 0 spiro atoms. The van der Waals surface area contributed by atoms with Crippen LogP contribution in [-0.2, 0) is 11.3 Å². The van der Waals surface area contributed by atoms with Crippen LogP contribution < -0.4 is 4.90 Å². The number of hydrogen-bond donors (Lipinski definition) is 1. The molecule has 0 aromatic heterocycles.